The van der Waals surface area contributed by atoms with Crippen LogP contribution in [0.3, 0.4) is 0 Å². The Labute approximate surface area is 115 Å². The fourth-order valence-corrected chi connectivity index (χ4v) is 2.03. The average Bonchev–Trinajstić information content (AvgIpc) is 2.73. The van der Waals surface area contributed by atoms with Gasteiger partial charge < -0.3 is 5.73 Å². The van der Waals surface area contributed by atoms with Crippen molar-refractivity contribution >= 4 is 28.3 Å². The van der Waals surface area contributed by atoms with Crippen molar-refractivity contribution < 1.29 is 18.0 Å². The minimum absolute atomic E-state index is 0.153. The number of halogens is 3. The van der Waals surface area contributed by atoms with Crippen molar-refractivity contribution in [3.05, 3.63) is 35.2 Å². The van der Waals surface area contributed by atoms with Crippen molar-refractivity contribution in [2.75, 3.05) is 11.1 Å². The molecule has 0 radical (unpaired) electrons. The third-order valence-corrected chi connectivity index (χ3v) is 3.09. The Morgan fingerprint density at radius 3 is 2.65 bits per heavy atom. The number of anilines is 2. The lowest BCUT2D eigenvalue weighted by atomic mass is 10.1. The van der Waals surface area contributed by atoms with E-state index >= 15 is 0 Å². The van der Waals surface area contributed by atoms with E-state index in [-0.39, 0.29) is 10.7 Å². The molecule has 3 N–H and O–H groups in total. The van der Waals surface area contributed by atoms with Crippen LogP contribution in [0.25, 0.3) is 0 Å². The molecule has 0 aliphatic rings. The monoisotopic (exact) mass is 302 g/mol. The summed E-state index contributed by atoms with van der Waals surface area (Å²) in [6.07, 6.45) is -4.61. The first-order valence-corrected chi connectivity index (χ1v) is 6.13. The summed E-state index contributed by atoms with van der Waals surface area (Å²) in [6.45, 7) is 1.64. The van der Waals surface area contributed by atoms with Crippen LogP contribution in [-0.4, -0.2) is 15.3 Å². The van der Waals surface area contributed by atoms with Gasteiger partial charge in [-0.05, 0) is 25.1 Å². The lowest BCUT2D eigenvalue weighted by molar-refractivity contribution is -0.136. The van der Waals surface area contributed by atoms with Gasteiger partial charge in [-0.1, -0.05) is 0 Å². The maximum Gasteiger partial charge on any atom is 0.418 e. The summed E-state index contributed by atoms with van der Waals surface area (Å²) in [4.78, 5) is 15.7. The SMILES string of the molecule is Cc1nsc(NC(=O)c2ccc(N)c(C(F)(F)F)c2)n1. The van der Waals surface area contributed by atoms with Gasteiger partial charge in [-0.2, -0.15) is 17.5 Å². The van der Waals surface area contributed by atoms with Crippen LogP contribution < -0.4 is 11.1 Å². The first-order chi connectivity index (χ1) is 9.27. The molecule has 0 unspecified atom stereocenters. The Balaban J connectivity index is 2.27. The van der Waals surface area contributed by atoms with Crippen molar-refractivity contribution in [1.29, 1.82) is 0 Å². The molecule has 0 aliphatic carbocycles. The Bertz CT molecular complexity index is 653. The number of nitrogen functional groups attached to an aromatic ring is 1. The van der Waals surface area contributed by atoms with Crippen LogP contribution in [0.1, 0.15) is 21.7 Å². The number of aromatic nitrogens is 2. The van der Waals surface area contributed by atoms with Gasteiger partial charge in [0.25, 0.3) is 5.91 Å². The lowest BCUT2D eigenvalue weighted by Crippen LogP contribution is -2.15. The highest BCUT2D eigenvalue weighted by atomic mass is 32.1. The van der Waals surface area contributed by atoms with Gasteiger partial charge in [0.1, 0.15) is 5.82 Å². The Morgan fingerprint density at radius 1 is 1.40 bits per heavy atom. The molecule has 1 amide bonds. The molecule has 9 heteroatoms. The lowest BCUT2D eigenvalue weighted by Gasteiger charge is -2.11. The number of hydrogen-bond donors (Lipinski definition) is 2. The predicted molar refractivity (Wildman–Crippen MR) is 68.5 cm³/mol. The number of nitrogens with two attached hydrogens (primary N) is 1. The van der Waals surface area contributed by atoms with Crippen LogP contribution in [0.4, 0.5) is 24.0 Å². The first kappa shape index (κ1) is 14.3. The highest BCUT2D eigenvalue weighted by Crippen LogP contribution is 2.34. The van der Waals surface area contributed by atoms with E-state index in [4.69, 9.17) is 5.73 Å². The van der Waals surface area contributed by atoms with E-state index in [0.717, 1.165) is 17.6 Å². The predicted octanol–water partition coefficient (Wildman–Crippen LogP) is 2.70. The molecule has 5 nitrogen and oxygen atoms in total. The van der Waals surface area contributed by atoms with Crippen molar-refractivity contribution in [2.24, 2.45) is 0 Å². The van der Waals surface area contributed by atoms with Crippen LogP contribution in [-0.2, 0) is 6.18 Å². The second-order valence-corrected chi connectivity index (χ2v) is 4.65. The topological polar surface area (TPSA) is 80.9 Å². The molecule has 1 aromatic heterocycles. The van der Waals surface area contributed by atoms with Crippen LogP contribution in [0.2, 0.25) is 0 Å². The van der Waals surface area contributed by atoms with Crippen molar-refractivity contribution in [3.8, 4) is 0 Å². The maximum absolute atomic E-state index is 12.7. The third-order valence-electron chi connectivity index (χ3n) is 2.37. The summed E-state index contributed by atoms with van der Waals surface area (Å²) in [5.74, 6) is -0.231. The molecule has 2 rings (SSSR count). The summed E-state index contributed by atoms with van der Waals surface area (Å²) in [5, 5.41) is 2.60. The van der Waals surface area contributed by atoms with Gasteiger partial charge in [0.05, 0.1) is 5.56 Å². The van der Waals surface area contributed by atoms with Crippen molar-refractivity contribution in [3.63, 3.8) is 0 Å². The molecular formula is C11H9F3N4OS. The number of hydrogen-bond acceptors (Lipinski definition) is 5. The molecule has 0 saturated carbocycles. The van der Waals surface area contributed by atoms with E-state index in [1.807, 2.05) is 0 Å². The number of amides is 1. The molecule has 0 atom stereocenters. The first-order valence-electron chi connectivity index (χ1n) is 5.36. The quantitative estimate of drug-likeness (QED) is 0.836. The van der Waals surface area contributed by atoms with E-state index in [0.29, 0.717) is 11.9 Å². The average molecular weight is 302 g/mol. The smallest absolute Gasteiger partial charge is 0.398 e. The molecule has 106 valence electrons. The molecule has 0 aliphatic heterocycles. The zero-order chi connectivity index (χ0) is 14.9. The second kappa shape index (κ2) is 5.08. The van der Waals surface area contributed by atoms with Gasteiger partial charge in [0.15, 0.2) is 0 Å². The van der Waals surface area contributed by atoms with Gasteiger partial charge in [-0.25, -0.2) is 4.98 Å². The minimum Gasteiger partial charge on any atom is -0.398 e. The van der Waals surface area contributed by atoms with E-state index in [1.165, 1.54) is 6.07 Å². The van der Waals surface area contributed by atoms with Gasteiger partial charge in [0.2, 0.25) is 5.13 Å². The molecule has 20 heavy (non-hydrogen) atoms. The maximum atomic E-state index is 12.7. The van der Waals surface area contributed by atoms with Gasteiger partial charge in [-0.15, -0.1) is 0 Å². The van der Waals surface area contributed by atoms with E-state index in [2.05, 4.69) is 14.7 Å². The van der Waals surface area contributed by atoms with Gasteiger partial charge in [-0.3, -0.25) is 10.1 Å². The highest BCUT2D eigenvalue weighted by Gasteiger charge is 2.33. The number of alkyl halides is 3. The fourth-order valence-electron chi connectivity index (χ4n) is 1.46. The summed E-state index contributed by atoms with van der Waals surface area (Å²) in [5.41, 5.74) is 3.63. The molecule has 1 aromatic carbocycles. The number of carbonyl (C=O) groups is 1. The minimum atomic E-state index is -4.61. The number of rotatable bonds is 2. The highest BCUT2D eigenvalue weighted by molar-refractivity contribution is 7.09. The Hall–Kier alpha value is -2.16. The molecule has 0 fully saturated rings. The Morgan fingerprint density at radius 2 is 2.10 bits per heavy atom. The zero-order valence-electron chi connectivity index (χ0n) is 10.2. The molecule has 1 heterocycles. The Kier molecular flexibility index (Phi) is 3.62. The normalized spacial score (nSPS) is 11.4. The number of nitrogens with one attached hydrogen (secondary N) is 1. The zero-order valence-corrected chi connectivity index (χ0v) is 11.0. The van der Waals surface area contributed by atoms with E-state index in [9.17, 15) is 18.0 Å². The number of aryl methyl sites for hydroxylation is 1. The second-order valence-electron chi connectivity index (χ2n) is 3.90. The standard InChI is InChI=1S/C11H9F3N4OS/c1-5-16-10(20-18-5)17-9(19)6-2-3-8(15)7(4-6)11(12,13)14/h2-4H,15H2,1H3,(H,16,17,18,19). The summed E-state index contributed by atoms with van der Waals surface area (Å²) >= 11 is 0.945. The number of nitrogens with zero attached hydrogens (tertiary/aromatic N) is 2. The molecule has 0 spiro atoms. The number of benzene rings is 1. The van der Waals surface area contributed by atoms with Crippen LogP contribution in [0.5, 0.6) is 0 Å². The molecule has 0 bridgehead atoms. The van der Waals surface area contributed by atoms with Crippen molar-refractivity contribution in [2.45, 2.75) is 13.1 Å². The molecular weight excluding hydrogens is 293 g/mol. The largest absolute Gasteiger partial charge is 0.418 e. The van der Waals surface area contributed by atoms with Crippen LogP contribution in [0.15, 0.2) is 18.2 Å². The molecule has 2 aromatic rings. The summed E-state index contributed by atoms with van der Waals surface area (Å²) in [6, 6.07) is 2.97. The van der Waals surface area contributed by atoms with Crippen molar-refractivity contribution in [1.82, 2.24) is 9.36 Å². The number of carbonyl (C=O) groups excluding carboxylic acids is 1. The van der Waals surface area contributed by atoms with E-state index in [1.54, 1.807) is 6.92 Å². The van der Waals surface area contributed by atoms with Gasteiger partial charge >= 0.3 is 6.18 Å². The summed E-state index contributed by atoms with van der Waals surface area (Å²) < 4.78 is 41.9. The molecule has 0 saturated heterocycles. The summed E-state index contributed by atoms with van der Waals surface area (Å²) in [7, 11) is 0. The fraction of sp³-hybridized carbons (Fsp3) is 0.182. The van der Waals surface area contributed by atoms with Gasteiger partial charge in [0, 0.05) is 22.8 Å². The van der Waals surface area contributed by atoms with E-state index < -0.39 is 23.3 Å². The van der Waals surface area contributed by atoms with Crippen LogP contribution >= 0.6 is 11.5 Å². The van der Waals surface area contributed by atoms with Crippen LogP contribution in [0, 0.1) is 6.92 Å². The third kappa shape index (κ3) is 3.05.